The Bertz CT molecular complexity index is 411. The number of rotatable bonds is 2. The maximum absolute atomic E-state index is 11.2. The van der Waals surface area contributed by atoms with Crippen LogP contribution in [-0.4, -0.2) is 23.0 Å². The Morgan fingerprint density at radius 1 is 1.50 bits per heavy atom. The molecule has 3 heteroatoms. The van der Waals surface area contributed by atoms with Crippen LogP contribution in [0.3, 0.4) is 0 Å². The topological polar surface area (TPSA) is 36.1 Å². The van der Waals surface area contributed by atoms with Crippen molar-refractivity contribution in [3.8, 4) is 0 Å². The highest BCUT2D eigenvalue weighted by molar-refractivity contribution is 5.25. The van der Waals surface area contributed by atoms with E-state index in [9.17, 15) is 4.79 Å². The zero-order valence-corrected chi connectivity index (χ0v) is 10.1. The lowest BCUT2D eigenvalue weighted by Crippen LogP contribution is -2.33. The standard InChI is InChI=1S/C13H20N2O/c1-3-15-7-5-4-6-12(15)11-9-14-13(16)8-10(11)2/h8-9,12H,3-7H2,1-2H3,(H,14,16)/t12-/m0/s1. The largest absolute Gasteiger partial charge is 0.329 e. The van der Waals surface area contributed by atoms with Gasteiger partial charge in [0.2, 0.25) is 5.56 Å². The average molecular weight is 220 g/mol. The first-order chi connectivity index (χ1) is 7.72. The molecule has 0 bridgehead atoms. The SMILES string of the molecule is CCN1CCCC[C@H]1c1c[nH]c(=O)cc1C. The van der Waals surface area contributed by atoms with E-state index in [0.717, 1.165) is 12.1 Å². The van der Waals surface area contributed by atoms with Crippen LogP contribution in [0.4, 0.5) is 0 Å². The molecule has 0 saturated carbocycles. The molecule has 1 aliphatic rings. The first kappa shape index (κ1) is 11.4. The number of likely N-dealkylation sites (tertiary alicyclic amines) is 1. The quantitative estimate of drug-likeness (QED) is 0.829. The fourth-order valence-corrected chi connectivity index (χ4v) is 2.67. The third kappa shape index (κ3) is 2.19. The van der Waals surface area contributed by atoms with Crippen LogP contribution in [0.1, 0.15) is 43.4 Å². The summed E-state index contributed by atoms with van der Waals surface area (Å²) in [6.45, 7) is 6.51. The highest BCUT2D eigenvalue weighted by Gasteiger charge is 2.23. The Morgan fingerprint density at radius 3 is 3.00 bits per heavy atom. The Kier molecular flexibility index (Phi) is 3.44. The summed E-state index contributed by atoms with van der Waals surface area (Å²) in [4.78, 5) is 16.5. The molecular weight excluding hydrogens is 200 g/mol. The van der Waals surface area contributed by atoms with Crippen LogP contribution in [0, 0.1) is 6.92 Å². The van der Waals surface area contributed by atoms with Crippen LogP contribution >= 0.6 is 0 Å². The Hall–Kier alpha value is -1.09. The number of hydrogen-bond donors (Lipinski definition) is 1. The first-order valence-corrected chi connectivity index (χ1v) is 6.15. The molecule has 88 valence electrons. The van der Waals surface area contributed by atoms with Crippen molar-refractivity contribution >= 4 is 0 Å². The van der Waals surface area contributed by atoms with Crippen molar-refractivity contribution in [2.45, 2.75) is 39.2 Å². The molecule has 2 rings (SSSR count). The lowest BCUT2D eigenvalue weighted by Gasteiger charge is -2.35. The van der Waals surface area contributed by atoms with Crippen LogP contribution in [0.25, 0.3) is 0 Å². The smallest absolute Gasteiger partial charge is 0.248 e. The number of hydrogen-bond acceptors (Lipinski definition) is 2. The number of nitrogens with one attached hydrogen (secondary N) is 1. The van der Waals surface area contributed by atoms with E-state index in [2.05, 4.69) is 16.8 Å². The molecular formula is C13H20N2O. The van der Waals surface area contributed by atoms with Gasteiger partial charge >= 0.3 is 0 Å². The number of piperidine rings is 1. The van der Waals surface area contributed by atoms with E-state index in [-0.39, 0.29) is 5.56 Å². The summed E-state index contributed by atoms with van der Waals surface area (Å²) in [5.74, 6) is 0. The van der Waals surface area contributed by atoms with Crippen molar-refractivity contribution in [3.05, 3.63) is 33.7 Å². The Morgan fingerprint density at radius 2 is 2.31 bits per heavy atom. The van der Waals surface area contributed by atoms with Gasteiger partial charge in [-0.1, -0.05) is 13.3 Å². The minimum atomic E-state index is 0.0000999. The molecule has 16 heavy (non-hydrogen) atoms. The molecule has 3 nitrogen and oxygen atoms in total. The number of nitrogens with zero attached hydrogens (tertiary/aromatic N) is 1. The predicted octanol–water partition coefficient (Wildman–Crippen LogP) is 2.23. The summed E-state index contributed by atoms with van der Waals surface area (Å²) >= 11 is 0. The summed E-state index contributed by atoms with van der Waals surface area (Å²) < 4.78 is 0. The maximum atomic E-state index is 11.2. The Balaban J connectivity index is 2.30. The van der Waals surface area contributed by atoms with Gasteiger partial charge in [0.1, 0.15) is 0 Å². The fraction of sp³-hybridized carbons (Fsp3) is 0.615. The lowest BCUT2D eigenvalue weighted by atomic mass is 9.94. The summed E-state index contributed by atoms with van der Waals surface area (Å²) in [5.41, 5.74) is 2.41. The zero-order chi connectivity index (χ0) is 11.5. The molecule has 1 aliphatic heterocycles. The van der Waals surface area contributed by atoms with Gasteiger partial charge in [0.25, 0.3) is 0 Å². The molecule has 0 unspecified atom stereocenters. The fourth-order valence-electron chi connectivity index (χ4n) is 2.67. The van der Waals surface area contributed by atoms with Gasteiger partial charge in [0.05, 0.1) is 0 Å². The molecule has 0 amide bonds. The molecule has 0 radical (unpaired) electrons. The van der Waals surface area contributed by atoms with Gasteiger partial charge in [-0.2, -0.15) is 0 Å². The maximum Gasteiger partial charge on any atom is 0.248 e. The normalized spacial score (nSPS) is 22.2. The molecule has 1 aromatic heterocycles. The van der Waals surface area contributed by atoms with Gasteiger partial charge < -0.3 is 4.98 Å². The van der Waals surface area contributed by atoms with Crippen LogP contribution in [0.15, 0.2) is 17.1 Å². The van der Waals surface area contributed by atoms with Crippen LogP contribution in [0.5, 0.6) is 0 Å². The van der Waals surface area contributed by atoms with Crippen LogP contribution < -0.4 is 5.56 Å². The summed E-state index contributed by atoms with van der Waals surface area (Å²) in [6, 6.07) is 2.20. The highest BCUT2D eigenvalue weighted by Crippen LogP contribution is 2.31. The summed E-state index contributed by atoms with van der Waals surface area (Å²) in [6.07, 6.45) is 5.70. The minimum Gasteiger partial charge on any atom is -0.329 e. The van der Waals surface area contributed by atoms with Crippen molar-refractivity contribution in [2.75, 3.05) is 13.1 Å². The van der Waals surface area contributed by atoms with Crippen molar-refractivity contribution in [2.24, 2.45) is 0 Å². The van der Waals surface area contributed by atoms with E-state index in [4.69, 9.17) is 0 Å². The number of aromatic amines is 1. The molecule has 2 heterocycles. The van der Waals surface area contributed by atoms with E-state index in [0.29, 0.717) is 6.04 Å². The first-order valence-electron chi connectivity index (χ1n) is 6.15. The Labute approximate surface area is 96.5 Å². The van der Waals surface area contributed by atoms with E-state index >= 15 is 0 Å². The molecule has 0 spiro atoms. The number of H-pyrrole nitrogens is 1. The van der Waals surface area contributed by atoms with Gasteiger partial charge in [0, 0.05) is 18.3 Å². The van der Waals surface area contributed by atoms with Gasteiger partial charge in [-0.15, -0.1) is 0 Å². The second kappa shape index (κ2) is 4.83. The molecule has 1 N–H and O–H groups in total. The highest BCUT2D eigenvalue weighted by atomic mass is 16.1. The lowest BCUT2D eigenvalue weighted by molar-refractivity contribution is 0.156. The van der Waals surface area contributed by atoms with Crippen molar-refractivity contribution in [1.29, 1.82) is 0 Å². The van der Waals surface area contributed by atoms with Gasteiger partial charge in [-0.25, -0.2) is 0 Å². The minimum absolute atomic E-state index is 0.0000999. The van der Waals surface area contributed by atoms with E-state index < -0.39 is 0 Å². The van der Waals surface area contributed by atoms with Crippen LogP contribution in [-0.2, 0) is 0 Å². The molecule has 1 fully saturated rings. The number of aryl methyl sites for hydroxylation is 1. The van der Waals surface area contributed by atoms with Crippen molar-refractivity contribution in [3.63, 3.8) is 0 Å². The summed E-state index contributed by atoms with van der Waals surface area (Å²) in [7, 11) is 0. The molecule has 1 atom stereocenters. The molecule has 1 aromatic rings. The van der Waals surface area contributed by atoms with Crippen molar-refractivity contribution in [1.82, 2.24) is 9.88 Å². The second-order valence-electron chi connectivity index (χ2n) is 4.58. The molecule has 0 aliphatic carbocycles. The van der Waals surface area contributed by atoms with Gasteiger partial charge in [-0.3, -0.25) is 9.69 Å². The monoisotopic (exact) mass is 220 g/mol. The third-order valence-electron chi connectivity index (χ3n) is 3.55. The van der Waals surface area contributed by atoms with E-state index in [1.54, 1.807) is 6.07 Å². The summed E-state index contributed by atoms with van der Waals surface area (Å²) in [5, 5.41) is 0. The number of pyridine rings is 1. The number of aromatic nitrogens is 1. The molecule has 0 aromatic carbocycles. The zero-order valence-electron chi connectivity index (χ0n) is 10.1. The second-order valence-corrected chi connectivity index (χ2v) is 4.58. The van der Waals surface area contributed by atoms with E-state index in [1.807, 2.05) is 13.1 Å². The van der Waals surface area contributed by atoms with Gasteiger partial charge in [-0.05, 0) is 44.0 Å². The average Bonchev–Trinajstić information content (AvgIpc) is 2.29. The van der Waals surface area contributed by atoms with Gasteiger partial charge in [0.15, 0.2) is 0 Å². The molecule has 1 saturated heterocycles. The third-order valence-corrected chi connectivity index (χ3v) is 3.55. The predicted molar refractivity (Wildman–Crippen MR) is 65.6 cm³/mol. The van der Waals surface area contributed by atoms with Crippen molar-refractivity contribution < 1.29 is 0 Å². The van der Waals surface area contributed by atoms with E-state index in [1.165, 1.54) is 31.4 Å². The van der Waals surface area contributed by atoms with Crippen LogP contribution in [0.2, 0.25) is 0 Å².